The first-order chi connectivity index (χ1) is 9.63. The van der Waals surface area contributed by atoms with Gasteiger partial charge in [-0.2, -0.15) is 5.26 Å². The van der Waals surface area contributed by atoms with Crippen molar-refractivity contribution in [2.75, 3.05) is 26.2 Å². The second-order valence-corrected chi connectivity index (χ2v) is 5.54. The van der Waals surface area contributed by atoms with Crippen molar-refractivity contribution in [1.82, 2.24) is 9.80 Å². The molecule has 20 heavy (non-hydrogen) atoms. The molecule has 1 atom stereocenters. The predicted molar refractivity (Wildman–Crippen MR) is 78.0 cm³/mol. The topological polar surface area (TPSA) is 30.3 Å². The molecule has 0 saturated carbocycles. The van der Waals surface area contributed by atoms with E-state index in [0.717, 1.165) is 32.6 Å². The standard InChI is InChI=1S/C15H19ClFN3/c1-2-14(10-18)20-7-5-19(6-8-20)11-12-9-13(16)3-4-15(12)17/h3-4,9,14H,2,5-8,11H2,1H3. The van der Waals surface area contributed by atoms with Crippen molar-refractivity contribution >= 4 is 11.6 Å². The van der Waals surface area contributed by atoms with E-state index in [-0.39, 0.29) is 11.9 Å². The van der Waals surface area contributed by atoms with Gasteiger partial charge in [0, 0.05) is 43.3 Å². The van der Waals surface area contributed by atoms with E-state index in [1.807, 2.05) is 6.92 Å². The van der Waals surface area contributed by atoms with Gasteiger partial charge in [-0.1, -0.05) is 18.5 Å². The van der Waals surface area contributed by atoms with E-state index in [1.54, 1.807) is 12.1 Å². The van der Waals surface area contributed by atoms with E-state index >= 15 is 0 Å². The molecule has 3 nitrogen and oxygen atoms in total. The third-order valence-electron chi connectivity index (χ3n) is 3.79. The van der Waals surface area contributed by atoms with Crippen LogP contribution in [0.5, 0.6) is 0 Å². The smallest absolute Gasteiger partial charge is 0.127 e. The van der Waals surface area contributed by atoms with Crippen LogP contribution in [0, 0.1) is 17.1 Å². The maximum absolute atomic E-state index is 13.7. The van der Waals surface area contributed by atoms with Gasteiger partial charge in [-0.15, -0.1) is 0 Å². The number of halogens is 2. The number of nitrogens with zero attached hydrogens (tertiary/aromatic N) is 3. The quantitative estimate of drug-likeness (QED) is 0.855. The van der Waals surface area contributed by atoms with Gasteiger partial charge in [-0.3, -0.25) is 9.80 Å². The average molecular weight is 296 g/mol. The van der Waals surface area contributed by atoms with E-state index in [2.05, 4.69) is 15.9 Å². The summed E-state index contributed by atoms with van der Waals surface area (Å²) < 4.78 is 13.7. The Morgan fingerprint density at radius 3 is 2.65 bits per heavy atom. The summed E-state index contributed by atoms with van der Waals surface area (Å²) in [5, 5.41) is 9.64. The van der Waals surface area contributed by atoms with Crippen LogP contribution in [0.15, 0.2) is 18.2 Å². The van der Waals surface area contributed by atoms with E-state index < -0.39 is 0 Å². The zero-order chi connectivity index (χ0) is 14.5. The maximum Gasteiger partial charge on any atom is 0.127 e. The summed E-state index contributed by atoms with van der Waals surface area (Å²) >= 11 is 5.91. The summed E-state index contributed by atoms with van der Waals surface area (Å²) in [6, 6.07) is 7.00. The van der Waals surface area contributed by atoms with E-state index in [9.17, 15) is 4.39 Å². The molecule has 1 unspecified atom stereocenters. The lowest BCUT2D eigenvalue weighted by molar-refractivity contribution is 0.107. The molecule has 0 amide bonds. The molecule has 0 aliphatic carbocycles. The van der Waals surface area contributed by atoms with Crippen LogP contribution in [-0.4, -0.2) is 42.0 Å². The number of rotatable bonds is 4. The Kier molecular flexibility index (Phi) is 5.36. The summed E-state index contributed by atoms with van der Waals surface area (Å²) in [5.41, 5.74) is 0.637. The van der Waals surface area contributed by atoms with E-state index in [0.29, 0.717) is 17.1 Å². The Bertz CT molecular complexity index is 492. The Balaban J connectivity index is 1.92. The largest absolute Gasteiger partial charge is 0.296 e. The molecule has 2 rings (SSSR count). The monoisotopic (exact) mass is 295 g/mol. The highest BCUT2D eigenvalue weighted by Gasteiger charge is 2.22. The van der Waals surface area contributed by atoms with Gasteiger partial charge < -0.3 is 0 Å². The third kappa shape index (κ3) is 3.69. The lowest BCUT2D eigenvalue weighted by Gasteiger charge is -2.36. The van der Waals surface area contributed by atoms with Crippen molar-refractivity contribution in [1.29, 1.82) is 5.26 Å². The number of benzene rings is 1. The Morgan fingerprint density at radius 2 is 2.05 bits per heavy atom. The minimum absolute atomic E-state index is 0.0000517. The summed E-state index contributed by atoms with van der Waals surface area (Å²) in [4.78, 5) is 4.40. The fraction of sp³-hybridized carbons (Fsp3) is 0.533. The lowest BCUT2D eigenvalue weighted by Crippen LogP contribution is -2.49. The minimum atomic E-state index is -0.208. The van der Waals surface area contributed by atoms with Crippen molar-refractivity contribution < 1.29 is 4.39 Å². The summed E-state index contributed by atoms with van der Waals surface area (Å²) in [7, 11) is 0. The molecule has 1 aliphatic heterocycles. The van der Waals surface area contributed by atoms with Gasteiger partial charge in [-0.25, -0.2) is 4.39 Å². The third-order valence-corrected chi connectivity index (χ3v) is 4.02. The highest BCUT2D eigenvalue weighted by molar-refractivity contribution is 6.30. The van der Waals surface area contributed by atoms with Crippen molar-refractivity contribution in [3.8, 4) is 6.07 Å². The Hall–Kier alpha value is -1.15. The number of hydrogen-bond acceptors (Lipinski definition) is 3. The molecule has 0 N–H and O–H groups in total. The normalized spacial score (nSPS) is 18.7. The van der Waals surface area contributed by atoms with Gasteiger partial charge in [0.25, 0.3) is 0 Å². The fourth-order valence-electron chi connectivity index (χ4n) is 2.57. The van der Waals surface area contributed by atoms with Gasteiger partial charge in [0.2, 0.25) is 0 Å². The summed E-state index contributed by atoms with van der Waals surface area (Å²) in [6.07, 6.45) is 0.847. The number of nitriles is 1. The van der Waals surface area contributed by atoms with Crippen LogP contribution in [0.3, 0.4) is 0 Å². The Labute approximate surface area is 124 Å². The zero-order valence-corrected chi connectivity index (χ0v) is 12.4. The molecule has 5 heteroatoms. The van der Waals surface area contributed by atoms with Gasteiger partial charge in [0.1, 0.15) is 5.82 Å². The van der Waals surface area contributed by atoms with Gasteiger partial charge in [0.15, 0.2) is 0 Å². The second-order valence-electron chi connectivity index (χ2n) is 5.10. The van der Waals surface area contributed by atoms with Gasteiger partial charge >= 0.3 is 0 Å². The zero-order valence-electron chi connectivity index (χ0n) is 11.6. The van der Waals surface area contributed by atoms with Crippen LogP contribution in [0.1, 0.15) is 18.9 Å². The molecule has 1 saturated heterocycles. The molecule has 0 spiro atoms. The molecule has 108 valence electrons. The molecular formula is C15H19ClFN3. The fourth-order valence-corrected chi connectivity index (χ4v) is 2.76. The highest BCUT2D eigenvalue weighted by Crippen LogP contribution is 2.18. The van der Waals surface area contributed by atoms with Crippen LogP contribution in [-0.2, 0) is 6.54 Å². The number of hydrogen-bond donors (Lipinski definition) is 0. The van der Waals surface area contributed by atoms with Crippen molar-refractivity contribution in [3.63, 3.8) is 0 Å². The highest BCUT2D eigenvalue weighted by atomic mass is 35.5. The van der Waals surface area contributed by atoms with Crippen molar-refractivity contribution in [2.45, 2.75) is 25.9 Å². The van der Waals surface area contributed by atoms with Crippen LogP contribution >= 0.6 is 11.6 Å². The maximum atomic E-state index is 13.7. The molecule has 1 aliphatic rings. The van der Waals surface area contributed by atoms with Crippen LogP contribution < -0.4 is 0 Å². The van der Waals surface area contributed by atoms with Gasteiger partial charge in [0.05, 0.1) is 12.1 Å². The molecule has 0 bridgehead atoms. The van der Waals surface area contributed by atoms with Crippen LogP contribution in [0.4, 0.5) is 4.39 Å². The summed E-state index contributed by atoms with van der Waals surface area (Å²) in [6.45, 7) is 6.02. The summed E-state index contributed by atoms with van der Waals surface area (Å²) in [5.74, 6) is -0.208. The predicted octanol–water partition coefficient (Wildman–Crippen LogP) is 2.90. The molecule has 1 aromatic carbocycles. The first-order valence-electron chi connectivity index (χ1n) is 6.94. The lowest BCUT2D eigenvalue weighted by atomic mass is 10.1. The molecule has 1 aromatic rings. The van der Waals surface area contributed by atoms with Crippen molar-refractivity contribution in [2.24, 2.45) is 0 Å². The van der Waals surface area contributed by atoms with Crippen molar-refractivity contribution in [3.05, 3.63) is 34.6 Å². The molecular weight excluding hydrogens is 277 g/mol. The Morgan fingerprint density at radius 1 is 1.35 bits per heavy atom. The number of piperazine rings is 1. The molecule has 1 heterocycles. The molecule has 0 radical (unpaired) electrons. The molecule has 0 aromatic heterocycles. The van der Waals surface area contributed by atoms with Crippen LogP contribution in [0.2, 0.25) is 5.02 Å². The minimum Gasteiger partial charge on any atom is -0.296 e. The SMILES string of the molecule is CCC(C#N)N1CCN(Cc2cc(Cl)ccc2F)CC1. The average Bonchev–Trinajstić information content (AvgIpc) is 2.46. The molecule has 1 fully saturated rings. The first-order valence-corrected chi connectivity index (χ1v) is 7.31. The van der Waals surface area contributed by atoms with E-state index in [4.69, 9.17) is 16.9 Å². The van der Waals surface area contributed by atoms with E-state index in [1.165, 1.54) is 6.07 Å². The first kappa shape index (κ1) is 15.2. The van der Waals surface area contributed by atoms with Crippen LogP contribution in [0.25, 0.3) is 0 Å². The van der Waals surface area contributed by atoms with Gasteiger partial charge in [-0.05, 0) is 24.6 Å². The second kappa shape index (κ2) is 7.03.